The summed E-state index contributed by atoms with van der Waals surface area (Å²) in [6, 6.07) is 10.9. The molecular weight excluding hydrogens is 372 g/mol. The second-order valence-corrected chi connectivity index (χ2v) is 6.04. The predicted molar refractivity (Wildman–Crippen MR) is 97.1 cm³/mol. The van der Waals surface area contributed by atoms with Gasteiger partial charge in [0.25, 0.3) is 0 Å². The van der Waals surface area contributed by atoms with Crippen molar-refractivity contribution in [2.24, 2.45) is 0 Å². The van der Waals surface area contributed by atoms with Crippen molar-refractivity contribution in [1.82, 2.24) is 4.98 Å². The summed E-state index contributed by atoms with van der Waals surface area (Å²) >= 11 is 3.41. The summed E-state index contributed by atoms with van der Waals surface area (Å²) in [6.45, 7) is 1.78. The molecule has 3 rings (SSSR count). The van der Waals surface area contributed by atoms with Gasteiger partial charge < -0.3 is 14.5 Å². The first-order valence-corrected chi connectivity index (χ1v) is 8.04. The Labute approximate surface area is 147 Å². The monoisotopic (exact) mass is 386 g/mol. The highest BCUT2D eigenvalue weighted by Gasteiger charge is 2.05. The van der Waals surface area contributed by atoms with Crippen LogP contribution in [0.15, 0.2) is 51.4 Å². The van der Waals surface area contributed by atoms with Crippen molar-refractivity contribution >= 4 is 44.7 Å². The molecule has 1 N–H and O–H groups in total. The highest BCUT2D eigenvalue weighted by atomic mass is 79.9. The lowest BCUT2D eigenvalue weighted by atomic mass is 10.2. The zero-order chi connectivity index (χ0) is 17.1. The van der Waals surface area contributed by atoms with Crippen LogP contribution in [0.1, 0.15) is 11.5 Å². The second kappa shape index (κ2) is 6.88. The molecule has 0 saturated carbocycles. The minimum atomic E-state index is -0.239. The van der Waals surface area contributed by atoms with E-state index in [0.717, 1.165) is 10.0 Å². The molecule has 2 aromatic carbocycles. The van der Waals surface area contributed by atoms with Crippen molar-refractivity contribution in [2.75, 3.05) is 12.4 Å². The molecule has 0 radical (unpaired) electrons. The first-order valence-electron chi connectivity index (χ1n) is 7.25. The first kappa shape index (κ1) is 16.3. The van der Waals surface area contributed by atoms with E-state index in [0.29, 0.717) is 28.4 Å². The van der Waals surface area contributed by atoms with Gasteiger partial charge in [0.2, 0.25) is 5.91 Å². The van der Waals surface area contributed by atoms with Gasteiger partial charge in [-0.2, -0.15) is 0 Å². The molecule has 24 heavy (non-hydrogen) atoms. The third-order valence-corrected chi connectivity index (χ3v) is 3.86. The molecule has 1 amide bonds. The number of benzene rings is 2. The summed E-state index contributed by atoms with van der Waals surface area (Å²) in [7, 11) is 1.59. The summed E-state index contributed by atoms with van der Waals surface area (Å²) in [5.74, 6) is 1.05. The van der Waals surface area contributed by atoms with Crippen LogP contribution in [-0.2, 0) is 4.79 Å². The van der Waals surface area contributed by atoms with Gasteiger partial charge in [-0.3, -0.25) is 4.79 Å². The zero-order valence-corrected chi connectivity index (χ0v) is 14.8. The third-order valence-electron chi connectivity index (χ3n) is 3.37. The number of amides is 1. The average Bonchev–Trinajstić information content (AvgIpc) is 2.92. The van der Waals surface area contributed by atoms with Gasteiger partial charge in [0.05, 0.1) is 7.11 Å². The van der Waals surface area contributed by atoms with Gasteiger partial charge in [-0.25, -0.2) is 4.98 Å². The Kier molecular flexibility index (Phi) is 4.66. The summed E-state index contributed by atoms with van der Waals surface area (Å²) in [4.78, 5) is 16.4. The lowest BCUT2D eigenvalue weighted by Gasteiger charge is -2.05. The Bertz CT molecular complexity index is 931. The Morgan fingerprint density at radius 3 is 2.92 bits per heavy atom. The fraction of sp³-hybridized carbons (Fsp3) is 0.111. The number of carbonyl (C=O) groups excluding carboxylic acids is 1. The molecule has 0 aliphatic rings. The molecule has 0 aliphatic heterocycles. The quantitative estimate of drug-likeness (QED) is 0.667. The number of anilines is 1. The van der Waals surface area contributed by atoms with E-state index >= 15 is 0 Å². The smallest absolute Gasteiger partial charge is 0.248 e. The van der Waals surface area contributed by atoms with Crippen LogP contribution in [0.4, 0.5) is 5.69 Å². The highest BCUT2D eigenvalue weighted by molar-refractivity contribution is 9.10. The minimum absolute atomic E-state index is 0.239. The van der Waals surface area contributed by atoms with E-state index in [2.05, 4.69) is 26.2 Å². The second-order valence-electron chi connectivity index (χ2n) is 5.12. The van der Waals surface area contributed by atoms with Crippen LogP contribution >= 0.6 is 15.9 Å². The molecule has 1 aromatic heterocycles. The molecule has 3 aromatic rings. The number of nitrogens with one attached hydrogen (secondary N) is 1. The molecule has 0 fully saturated rings. The maximum absolute atomic E-state index is 12.1. The number of methoxy groups -OCH3 is 1. The molecule has 6 heteroatoms. The maximum Gasteiger partial charge on any atom is 0.248 e. The molecule has 122 valence electrons. The summed E-state index contributed by atoms with van der Waals surface area (Å²) in [5, 5.41) is 2.81. The fourth-order valence-corrected chi connectivity index (χ4v) is 2.68. The minimum Gasteiger partial charge on any atom is -0.496 e. The zero-order valence-electron chi connectivity index (χ0n) is 13.2. The number of carbonyl (C=O) groups is 1. The highest BCUT2D eigenvalue weighted by Crippen LogP contribution is 2.24. The molecular formula is C18H15BrN2O3. The van der Waals surface area contributed by atoms with Gasteiger partial charge in [-0.15, -0.1) is 0 Å². The van der Waals surface area contributed by atoms with E-state index in [1.54, 1.807) is 38.3 Å². The molecule has 0 saturated heterocycles. The SMILES string of the molecule is COc1ccc(Br)cc1/C=C/C(=O)Nc1ccc2oc(C)nc2c1. The normalized spacial score (nSPS) is 11.1. The van der Waals surface area contributed by atoms with E-state index in [1.807, 2.05) is 18.2 Å². The van der Waals surface area contributed by atoms with Crippen LogP contribution in [0.2, 0.25) is 0 Å². The van der Waals surface area contributed by atoms with Crippen LogP contribution in [0.25, 0.3) is 17.2 Å². The topological polar surface area (TPSA) is 64.4 Å². The van der Waals surface area contributed by atoms with Crippen molar-refractivity contribution in [3.05, 3.63) is 58.4 Å². The van der Waals surface area contributed by atoms with Gasteiger partial charge in [0, 0.05) is 28.7 Å². The van der Waals surface area contributed by atoms with E-state index in [-0.39, 0.29) is 5.91 Å². The molecule has 0 aliphatic carbocycles. The number of aryl methyl sites for hydroxylation is 1. The first-order chi connectivity index (χ1) is 11.5. The van der Waals surface area contributed by atoms with Crippen molar-refractivity contribution in [3.8, 4) is 5.75 Å². The molecule has 0 unspecified atom stereocenters. The molecule has 0 spiro atoms. The summed E-state index contributed by atoms with van der Waals surface area (Å²) in [6.07, 6.45) is 3.17. The predicted octanol–water partition coefficient (Wildman–Crippen LogP) is 4.56. The van der Waals surface area contributed by atoms with Gasteiger partial charge in [-0.05, 0) is 42.5 Å². The van der Waals surface area contributed by atoms with E-state index in [9.17, 15) is 4.79 Å². The molecule has 0 bridgehead atoms. The number of fused-ring (bicyclic) bond motifs is 1. The van der Waals surface area contributed by atoms with E-state index < -0.39 is 0 Å². The average molecular weight is 387 g/mol. The summed E-state index contributed by atoms with van der Waals surface area (Å²) in [5.41, 5.74) is 2.87. The van der Waals surface area contributed by atoms with Gasteiger partial charge >= 0.3 is 0 Å². The third kappa shape index (κ3) is 3.65. The Hall–Kier alpha value is -2.60. The van der Waals surface area contributed by atoms with E-state index in [1.165, 1.54) is 6.08 Å². The van der Waals surface area contributed by atoms with Crippen LogP contribution in [-0.4, -0.2) is 18.0 Å². The fourth-order valence-electron chi connectivity index (χ4n) is 2.31. The number of nitrogens with zero attached hydrogens (tertiary/aromatic N) is 1. The molecule has 0 atom stereocenters. The summed E-state index contributed by atoms with van der Waals surface area (Å²) < 4.78 is 11.6. The Morgan fingerprint density at radius 2 is 2.12 bits per heavy atom. The van der Waals surface area contributed by atoms with Crippen molar-refractivity contribution in [1.29, 1.82) is 0 Å². The van der Waals surface area contributed by atoms with Gasteiger partial charge in [-0.1, -0.05) is 15.9 Å². The largest absolute Gasteiger partial charge is 0.496 e. The number of ether oxygens (including phenoxy) is 1. The standard InChI is InChI=1S/C18H15BrN2O3/c1-11-20-15-10-14(5-7-17(15)24-11)21-18(22)8-3-12-9-13(19)4-6-16(12)23-2/h3-10H,1-2H3,(H,21,22)/b8-3+. The number of hydrogen-bond acceptors (Lipinski definition) is 4. The lowest BCUT2D eigenvalue weighted by molar-refractivity contribution is -0.111. The number of aromatic nitrogens is 1. The van der Waals surface area contributed by atoms with Gasteiger partial charge in [0.15, 0.2) is 11.5 Å². The van der Waals surface area contributed by atoms with Crippen LogP contribution in [0.3, 0.4) is 0 Å². The maximum atomic E-state index is 12.1. The van der Waals surface area contributed by atoms with Crippen LogP contribution in [0.5, 0.6) is 5.75 Å². The van der Waals surface area contributed by atoms with Crippen molar-refractivity contribution in [3.63, 3.8) is 0 Å². The number of rotatable bonds is 4. The Balaban J connectivity index is 1.75. The van der Waals surface area contributed by atoms with Crippen LogP contribution in [0, 0.1) is 6.92 Å². The lowest BCUT2D eigenvalue weighted by Crippen LogP contribution is -2.07. The van der Waals surface area contributed by atoms with E-state index in [4.69, 9.17) is 9.15 Å². The van der Waals surface area contributed by atoms with Gasteiger partial charge in [0.1, 0.15) is 11.3 Å². The van der Waals surface area contributed by atoms with Crippen molar-refractivity contribution < 1.29 is 13.9 Å². The van der Waals surface area contributed by atoms with Crippen LogP contribution < -0.4 is 10.1 Å². The van der Waals surface area contributed by atoms with Crippen molar-refractivity contribution in [2.45, 2.75) is 6.92 Å². The number of hydrogen-bond donors (Lipinski definition) is 1. The molecule has 1 heterocycles. The number of halogens is 1. The Morgan fingerprint density at radius 1 is 1.29 bits per heavy atom. The molecule has 5 nitrogen and oxygen atoms in total. The number of oxazole rings is 1.